The van der Waals surface area contributed by atoms with Crippen LogP contribution in [-0.2, 0) is 16.0 Å². The van der Waals surface area contributed by atoms with Crippen LogP contribution in [0.1, 0.15) is 39.2 Å². The molecule has 3 rings (SSSR count). The molecule has 1 aliphatic heterocycles. The zero-order valence-electron chi connectivity index (χ0n) is 15.9. The minimum absolute atomic E-state index is 0.137. The van der Waals surface area contributed by atoms with Crippen molar-refractivity contribution in [1.29, 1.82) is 0 Å². The van der Waals surface area contributed by atoms with Gasteiger partial charge in [-0.1, -0.05) is 24.3 Å². The maximum absolute atomic E-state index is 13.2. The molecular weight excluding hydrogens is 324 g/mol. The van der Waals surface area contributed by atoms with Gasteiger partial charge in [0.2, 0.25) is 5.91 Å². The zero-order valence-corrected chi connectivity index (χ0v) is 15.9. The second-order valence-electron chi connectivity index (χ2n) is 8.17. The first-order valence-electron chi connectivity index (χ1n) is 9.28. The first-order valence-corrected chi connectivity index (χ1v) is 9.28. The van der Waals surface area contributed by atoms with Gasteiger partial charge in [-0.2, -0.15) is 0 Å². The first-order chi connectivity index (χ1) is 12.4. The van der Waals surface area contributed by atoms with E-state index in [9.17, 15) is 4.79 Å². The quantitative estimate of drug-likeness (QED) is 0.905. The van der Waals surface area contributed by atoms with Crippen LogP contribution in [-0.4, -0.2) is 29.6 Å². The highest BCUT2D eigenvalue weighted by atomic mass is 16.5. The van der Waals surface area contributed by atoms with E-state index in [1.54, 1.807) is 0 Å². The van der Waals surface area contributed by atoms with Crippen LogP contribution in [0.25, 0.3) is 11.1 Å². The number of carbonyl (C=O) groups excluding carboxylic acids is 1. The van der Waals surface area contributed by atoms with Gasteiger partial charge in [0.25, 0.3) is 0 Å². The van der Waals surface area contributed by atoms with E-state index in [-0.39, 0.29) is 11.4 Å². The zero-order chi connectivity index (χ0) is 18.6. The molecule has 4 nitrogen and oxygen atoms in total. The fourth-order valence-electron chi connectivity index (χ4n) is 3.57. The summed E-state index contributed by atoms with van der Waals surface area (Å²) in [6, 6.07) is 12.4. The Morgan fingerprint density at radius 2 is 1.77 bits per heavy atom. The molecule has 1 aliphatic rings. The summed E-state index contributed by atoms with van der Waals surface area (Å²) in [4.78, 5) is 17.3. The number of ether oxygens (including phenoxy) is 1. The molecule has 0 unspecified atom stereocenters. The lowest BCUT2D eigenvalue weighted by Gasteiger charge is -2.38. The van der Waals surface area contributed by atoms with Crippen LogP contribution in [0.3, 0.4) is 0 Å². The molecule has 1 aromatic heterocycles. The Morgan fingerprint density at radius 1 is 1.12 bits per heavy atom. The lowest BCUT2D eigenvalue weighted by Crippen LogP contribution is -2.52. The van der Waals surface area contributed by atoms with Gasteiger partial charge in [0.05, 0.1) is 5.41 Å². The smallest absolute Gasteiger partial charge is 0.227 e. The summed E-state index contributed by atoms with van der Waals surface area (Å²) in [5, 5.41) is 3.20. The summed E-state index contributed by atoms with van der Waals surface area (Å²) in [7, 11) is 0. The Hall–Kier alpha value is -2.20. The summed E-state index contributed by atoms with van der Waals surface area (Å²) in [6.07, 6.45) is 5.83. The number of benzene rings is 1. The molecule has 0 saturated carbocycles. The Labute approximate surface area is 156 Å². The van der Waals surface area contributed by atoms with E-state index in [0.29, 0.717) is 13.2 Å². The van der Waals surface area contributed by atoms with Crippen molar-refractivity contribution in [2.45, 2.75) is 45.6 Å². The van der Waals surface area contributed by atoms with Crippen molar-refractivity contribution >= 4 is 5.91 Å². The molecule has 1 N–H and O–H groups in total. The molecule has 4 heteroatoms. The van der Waals surface area contributed by atoms with Crippen LogP contribution in [0.15, 0.2) is 48.8 Å². The summed E-state index contributed by atoms with van der Waals surface area (Å²) in [5.41, 5.74) is 2.84. The topological polar surface area (TPSA) is 51.2 Å². The number of nitrogens with zero attached hydrogens (tertiary/aromatic N) is 1. The molecule has 0 aliphatic carbocycles. The van der Waals surface area contributed by atoms with Gasteiger partial charge in [-0.05, 0) is 68.9 Å². The highest BCUT2D eigenvalue weighted by molar-refractivity contribution is 5.84. The predicted molar refractivity (Wildman–Crippen MR) is 104 cm³/mol. The number of aromatic nitrogens is 1. The Kier molecular flexibility index (Phi) is 5.42. The molecule has 0 spiro atoms. The van der Waals surface area contributed by atoms with Crippen LogP contribution in [0.2, 0.25) is 0 Å². The third-order valence-corrected chi connectivity index (χ3v) is 4.96. The molecule has 138 valence electrons. The lowest BCUT2D eigenvalue weighted by atomic mass is 9.73. The maximum atomic E-state index is 13.2. The number of nitrogens with one attached hydrogen (secondary N) is 1. The van der Waals surface area contributed by atoms with Crippen LogP contribution in [0.4, 0.5) is 0 Å². The van der Waals surface area contributed by atoms with Gasteiger partial charge in [0.1, 0.15) is 0 Å². The van der Waals surface area contributed by atoms with Crippen LogP contribution < -0.4 is 5.32 Å². The van der Waals surface area contributed by atoms with Crippen LogP contribution >= 0.6 is 0 Å². The second-order valence-corrected chi connectivity index (χ2v) is 8.17. The highest BCUT2D eigenvalue weighted by Gasteiger charge is 2.41. The molecule has 1 aromatic carbocycles. The summed E-state index contributed by atoms with van der Waals surface area (Å²) in [6.45, 7) is 7.36. The van der Waals surface area contributed by atoms with Crippen molar-refractivity contribution in [1.82, 2.24) is 10.3 Å². The van der Waals surface area contributed by atoms with E-state index in [0.717, 1.165) is 24.8 Å². The number of pyridine rings is 1. The van der Waals surface area contributed by atoms with E-state index in [1.807, 2.05) is 51.4 Å². The van der Waals surface area contributed by atoms with E-state index in [2.05, 4.69) is 28.5 Å². The molecule has 2 aromatic rings. The number of amides is 1. The van der Waals surface area contributed by atoms with Crippen molar-refractivity contribution in [2.24, 2.45) is 5.41 Å². The third kappa shape index (κ3) is 4.31. The number of carbonyl (C=O) groups is 1. The summed E-state index contributed by atoms with van der Waals surface area (Å²) >= 11 is 0. The van der Waals surface area contributed by atoms with Gasteiger partial charge in [-0.15, -0.1) is 0 Å². The van der Waals surface area contributed by atoms with Gasteiger partial charge < -0.3 is 10.1 Å². The molecule has 1 amide bonds. The normalized spacial score (nSPS) is 16.9. The second kappa shape index (κ2) is 7.58. The Balaban J connectivity index is 1.95. The van der Waals surface area contributed by atoms with Crippen molar-refractivity contribution < 1.29 is 9.53 Å². The molecule has 0 radical (unpaired) electrons. The summed E-state index contributed by atoms with van der Waals surface area (Å²) in [5.74, 6) is 0.137. The fourth-order valence-corrected chi connectivity index (χ4v) is 3.57. The van der Waals surface area contributed by atoms with Gasteiger partial charge in [-0.25, -0.2) is 0 Å². The Morgan fingerprint density at radius 3 is 2.42 bits per heavy atom. The van der Waals surface area contributed by atoms with Crippen molar-refractivity contribution in [3.63, 3.8) is 0 Å². The van der Waals surface area contributed by atoms with Gasteiger partial charge in [0, 0.05) is 31.1 Å². The molecular formula is C22H28N2O2. The number of hydrogen-bond acceptors (Lipinski definition) is 3. The average Bonchev–Trinajstić information content (AvgIpc) is 2.62. The molecule has 1 saturated heterocycles. The van der Waals surface area contributed by atoms with E-state index in [4.69, 9.17) is 4.74 Å². The lowest BCUT2D eigenvalue weighted by molar-refractivity contribution is -0.138. The van der Waals surface area contributed by atoms with Gasteiger partial charge >= 0.3 is 0 Å². The predicted octanol–water partition coefficient (Wildman–Crippen LogP) is 4.00. The van der Waals surface area contributed by atoms with Gasteiger partial charge in [-0.3, -0.25) is 9.78 Å². The van der Waals surface area contributed by atoms with Gasteiger partial charge in [0.15, 0.2) is 0 Å². The monoisotopic (exact) mass is 352 g/mol. The maximum Gasteiger partial charge on any atom is 0.227 e. The molecule has 0 bridgehead atoms. The average molecular weight is 352 g/mol. The Bertz CT molecular complexity index is 744. The highest BCUT2D eigenvalue weighted by Crippen LogP contribution is 2.38. The molecule has 1 fully saturated rings. The van der Waals surface area contributed by atoms with Crippen LogP contribution in [0.5, 0.6) is 0 Å². The number of rotatable bonds is 4. The molecule has 0 atom stereocenters. The van der Waals surface area contributed by atoms with E-state index >= 15 is 0 Å². The largest absolute Gasteiger partial charge is 0.381 e. The SMILES string of the molecule is CC(C)(C)NC(=O)C1(Cc2ccccc2-c2ccncc2)CCOCC1. The van der Waals surface area contributed by atoms with Crippen molar-refractivity contribution in [3.8, 4) is 11.1 Å². The first kappa shape index (κ1) is 18.6. The van der Waals surface area contributed by atoms with E-state index in [1.165, 1.54) is 11.1 Å². The third-order valence-electron chi connectivity index (χ3n) is 4.96. The van der Waals surface area contributed by atoms with Crippen molar-refractivity contribution in [2.75, 3.05) is 13.2 Å². The van der Waals surface area contributed by atoms with Crippen molar-refractivity contribution in [3.05, 3.63) is 54.4 Å². The minimum Gasteiger partial charge on any atom is -0.381 e. The van der Waals surface area contributed by atoms with Crippen LogP contribution in [0, 0.1) is 5.41 Å². The summed E-state index contributed by atoms with van der Waals surface area (Å²) < 4.78 is 5.57. The molecule has 26 heavy (non-hydrogen) atoms. The molecule has 2 heterocycles. The minimum atomic E-state index is -0.422. The number of hydrogen-bond donors (Lipinski definition) is 1. The standard InChI is InChI=1S/C22H28N2O2/c1-21(2,3)24-20(25)22(10-14-26-15-11-22)16-18-6-4-5-7-19(18)17-8-12-23-13-9-17/h4-9,12-13H,10-11,14-16H2,1-3H3,(H,24,25). The fraction of sp³-hybridized carbons (Fsp3) is 0.455. The van der Waals surface area contributed by atoms with E-state index < -0.39 is 5.41 Å².